The van der Waals surface area contributed by atoms with Crippen molar-refractivity contribution in [2.45, 2.75) is 12.8 Å². The number of hydrogen-bond acceptors (Lipinski definition) is 4. The second-order valence-corrected chi connectivity index (χ2v) is 6.99. The van der Waals surface area contributed by atoms with Crippen LogP contribution in [-0.4, -0.2) is 17.7 Å². The summed E-state index contributed by atoms with van der Waals surface area (Å²) in [6.07, 6.45) is 0.739. The molecule has 1 aromatic carbocycles. The zero-order valence-corrected chi connectivity index (χ0v) is 13.5. The van der Waals surface area contributed by atoms with E-state index in [0.29, 0.717) is 21.3 Å². The summed E-state index contributed by atoms with van der Waals surface area (Å²) in [5.74, 6) is -0.966. The van der Waals surface area contributed by atoms with Gasteiger partial charge in [-0.15, -0.1) is 11.3 Å². The number of rotatable bonds is 4. The van der Waals surface area contributed by atoms with Crippen molar-refractivity contribution < 1.29 is 14.4 Å². The van der Waals surface area contributed by atoms with Crippen molar-refractivity contribution in [1.29, 1.82) is 0 Å². The molecule has 1 atom stereocenters. The number of carbonyl (C=O) groups excluding carboxylic acids is 3. The fourth-order valence-corrected chi connectivity index (χ4v) is 3.35. The van der Waals surface area contributed by atoms with E-state index in [9.17, 15) is 14.4 Å². The van der Waals surface area contributed by atoms with Crippen molar-refractivity contribution in [3.8, 4) is 0 Å². The van der Waals surface area contributed by atoms with Gasteiger partial charge in [0.15, 0.2) is 0 Å². The Bertz CT molecular complexity index is 770. The molecule has 7 heteroatoms. The third-order valence-electron chi connectivity index (χ3n) is 3.56. The summed E-state index contributed by atoms with van der Waals surface area (Å²) in [4.78, 5) is 35.3. The Kier molecular flexibility index (Phi) is 4.45. The molecule has 1 aliphatic rings. The van der Waals surface area contributed by atoms with Gasteiger partial charge in [0.05, 0.1) is 15.1 Å². The Hall–Kier alpha value is -2.18. The molecule has 2 aromatic rings. The molecular weight excluding hydrogens is 336 g/mol. The van der Waals surface area contributed by atoms with Gasteiger partial charge in [0.25, 0.3) is 5.91 Å². The fourth-order valence-electron chi connectivity index (χ4n) is 2.41. The van der Waals surface area contributed by atoms with Crippen molar-refractivity contribution in [3.63, 3.8) is 0 Å². The molecule has 0 saturated carbocycles. The smallest absolute Gasteiger partial charge is 0.265 e. The van der Waals surface area contributed by atoms with Crippen molar-refractivity contribution in [2.75, 3.05) is 5.32 Å². The lowest BCUT2D eigenvalue weighted by molar-refractivity contribution is -0.125. The second kappa shape index (κ2) is 6.52. The number of nitrogens with one attached hydrogen (secondary N) is 2. The second-order valence-electron chi connectivity index (χ2n) is 5.27. The van der Waals surface area contributed by atoms with E-state index in [4.69, 9.17) is 11.6 Å². The summed E-state index contributed by atoms with van der Waals surface area (Å²) in [6.45, 7) is 0. The zero-order valence-electron chi connectivity index (χ0n) is 12.0. The molecule has 1 aromatic heterocycles. The van der Waals surface area contributed by atoms with E-state index in [1.165, 1.54) is 11.3 Å². The lowest BCUT2D eigenvalue weighted by atomic mass is 9.98. The minimum atomic E-state index is -0.309. The van der Waals surface area contributed by atoms with Crippen LogP contribution in [0.15, 0.2) is 36.4 Å². The number of amides is 3. The van der Waals surface area contributed by atoms with E-state index < -0.39 is 0 Å². The maximum atomic E-state index is 12.0. The van der Waals surface area contributed by atoms with Crippen LogP contribution in [0.3, 0.4) is 0 Å². The summed E-state index contributed by atoms with van der Waals surface area (Å²) in [5.41, 5.74) is 1.60. The maximum absolute atomic E-state index is 12.0. The molecule has 0 unspecified atom stereocenters. The highest BCUT2D eigenvalue weighted by atomic mass is 35.5. The van der Waals surface area contributed by atoms with Crippen LogP contribution >= 0.6 is 22.9 Å². The number of imide groups is 1. The average Bonchev–Trinajstić information content (AvgIpc) is 3.07. The van der Waals surface area contributed by atoms with Gasteiger partial charge in [0, 0.05) is 12.1 Å². The Morgan fingerprint density at radius 3 is 2.52 bits per heavy atom. The quantitative estimate of drug-likeness (QED) is 0.834. The maximum Gasteiger partial charge on any atom is 0.265 e. The van der Waals surface area contributed by atoms with Gasteiger partial charge in [-0.1, -0.05) is 23.7 Å². The van der Waals surface area contributed by atoms with E-state index in [-0.39, 0.29) is 30.1 Å². The predicted octanol–water partition coefficient (Wildman–Crippen LogP) is 2.86. The first-order valence-electron chi connectivity index (χ1n) is 7.00. The van der Waals surface area contributed by atoms with Crippen LogP contribution in [0.25, 0.3) is 0 Å². The van der Waals surface area contributed by atoms with Crippen LogP contribution in [0.4, 0.5) is 5.69 Å². The minimum absolute atomic E-state index is 0.213. The zero-order chi connectivity index (χ0) is 16.4. The Morgan fingerprint density at radius 2 is 1.96 bits per heavy atom. The average molecular weight is 349 g/mol. The summed E-state index contributed by atoms with van der Waals surface area (Å²) in [5, 5.41) is 5.09. The van der Waals surface area contributed by atoms with E-state index in [2.05, 4.69) is 10.6 Å². The van der Waals surface area contributed by atoms with Crippen molar-refractivity contribution in [3.05, 3.63) is 51.2 Å². The molecule has 3 rings (SSSR count). The van der Waals surface area contributed by atoms with Crippen LogP contribution in [0, 0.1) is 5.92 Å². The Morgan fingerprint density at radius 1 is 1.22 bits per heavy atom. The number of carbonyl (C=O) groups is 3. The normalized spacial score (nSPS) is 17.2. The number of hydrogen-bond donors (Lipinski definition) is 2. The lowest BCUT2D eigenvalue weighted by Gasteiger charge is -2.08. The van der Waals surface area contributed by atoms with Crippen LogP contribution < -0.4 is 10.6 Å². The minimum Gasteiger partial charge on any atom is -0.321 e. The standard InChI is InChI=1S/C16H13ClN2O3S/c17-13-6-5-12(23-13)16(22)18-11-3-1-9(2-4-11)7-10-8-14(20)19-15(10)21/h1-6,10H,7-8H2,(H,18,22)(H,19,20,21)/t10-/m0/s1. The molecule has 118 valence electrons. The molecule has 23 heavy (non-hydrogen) atoms. The molecule has 0 radical (unpaired) electrons. The number of benzene rings is 1. The van der Waals surface area contributed by atoms with E-state index in [1.54, 1.807) is 24.3 Å². The number of halogens is 1. The Balaban J connectivity index is 1.62. The molecule has 2 N–H and O–H groups in total. The van der Waals surface area contributed by atoms with Crippen LogP contribution in [-0.2, 0) is 16.0 Å². The molecule has 5 nitrogen and oxygen atoms in total. The highest BCUT2D eigenvalue weighted by Gasteiger charge is 2.30. The SMILES string of the molecule is O=C1C[C@H](Cc2ccc(NC(=O)c3ccc(Cl)s3)cc2)C(=O)N1. The van der Waals surface area contributed by atoms with E-state index in [1.807, 2.05) is 12.1 Å². The lowest BCUT2D eigenvalue weighted by Crippen LogP contribution is -2.22. The molecule has 1 saturated heterocycles. The largest absolute Gasteiger partial charge is 0.321 e. The van der Waals surface area contributed by atoms with Gasteiger partial charge in [-0.25, -0.2) is 0 Å². The number of thiophene rings is 1. The first-order valence-corrected chi connectivity index (χ1v) is 8.20. The van der Waals surface area contributed by atoms with Crippen LogP contribution in [0.5, 0.6) is 0 Å². The highest BCUT2D eigenvalue weighted by Crippen LogP contribution is 2.23. The summed E-state index contributed by atoms with van der Waals surface area (Å²) < 4.78 is 0.565. The molecular formula is C16H13ClN2O3S. The van der Waals surface area contributed by atoms with Gasteiger partial charge in [0.2, 0.25) is 11.8 Å². The molecule has 0 spiro atoms. The molecule has 1 fully saturated rings. The van der Waals surface area contributed by atoms with E-state index >= 15 is 0 Å². The third-order valence-corrected chi connectivity index (χ3v) is 4.79. The summed E-state index contributed by atoms with van der Waals surface area (Å²) >= 11 is 7.03. The summed E-state index contributed by atoms with van der Waals surface area (Å²) in [7, 11) is 0. The van der Waals surface area contributed by atoms with Gasteiger partial charge in [-0.2, -0.15) is 0 Å². The van der Waals surface area contributed by atoms with E-state index in [0.717, 1.165) is 5.56 Å². The highest BCUT2D eigenvalue weighted by molar-refractivity contribution is 7.18. The Labute approximate surface area is 141 Å². The van der Waals surface area contributed by atoms with Gasteiger partial charge in [0.1, 0.15) is 0 Å². The predicted molar refractivity (Wildman–Crippen MR) is 88.7 cm³/mol. The van der Waals surface area contributed by atoms with Crippen molar-refractivity contribution in [1.82, 2.24) is 5.32 Å². The molecule has 0 aliphatic carbocycles. The van der Waals surface area contributed by atoms with Crippen LogP contribution in [0.1, 0.15) is 21.7 Å². The van der Waals surface area contributed by atoms with Crippen LogP contribution in [0.2, 0.25) is 4.34 Å². The van der Waals surface area contributed by atoms with Crippen molar-refractivity contribution in [2.24, 2.45) is 5.92 Å². The van der Waals surface area contributed by atoms with Gasteiger partial charge in [-0.05, 0) is 36.2 Å². The third kappa shape index (κ3) is 3.78. The van der Waals surface area contributed by atoms with Gasteiger partial charge in [-0.3, -0.25) is 19.7 Å². The molecule has 0 bridgehead atoms. The molecule has 1 aliphatic heterocycles. The topological polar surface area (TPSA) is 75.3 Å². The van der Waals surface area contributed by atoms with Gasteiger partial charge < -0.3 is 5.32 Å². The summed E-state index contributed by atoms with van der Waals surface area (Å²) in [6, 6.07) is 10.6. The monoisotopic (exact) mass is 348 g/mol. The number of anilines is 1. The first kappa shape index (κ1) is 15.7. The fraction of sp³-hybridized carbons (Fsp3) is 0.188. The first-order chi connectivity index (χ1) is 11.0. The molecule has 3 amide bonds. The van der Waals surface area contributed by atoms with Crippen molar-refractivity contribution >= 4 is 46.3 Å². The molecule has 2 heterocycles. The van der Waals surface area contributed by atoms with Gasteiger partial charge >= 0.3 is 0 Å².